The van der Waals surface area contributed by atoms with Gasteiger partial charge in [-0.3, -0.25) is 9.79 Å². The Labute approximate surface area is 65.6 Å². The molecule has 0 bridgehead atoms. The van der Waals surface area contributed by atoms with Gasteiger partial charge in [0, 0.05) is 6.61 Å². The minimum atomic E-state index is -0.0416. The summed E-state index contributed by atoms with van der Waals surface area (Å²) in [6.45, 7) is 3.44. The average Bonchev–Trinajstić information content (AvgIpc) is 2.37. The van der Waals surface area contributed by atoms with E-state index in [-0.39, 0.29) is 12.5 Å². The first-order chi connectivity index (χ1) is 5.33. The molecule has 0 aliphatic carbocycles. The van der Waals surface area contributed by atoms with Crippen molar-refractivity contribution in [2.75, 3.05) is 19.8 Å². The molecule has 1 heterocycles. The van der Waals surface area contributed by atoms with E-state index in [0.717, 1.165) is 13.0 Å². The van der Waals surface area contributed by atoms with E-state index in [0.29, 0.717) is 12.4 Å². The van der Waals surface area contributed by atoms with Crippen LogP contribution in [0, 0.1) is 0 Å². The molecule has 62 valence electrons. The lowest BCUT2D eigenvalue weighted by Gasteiger charge is -2.00. The zero-order valence-corrected chi connectivity index (χ0v) is 6.59. The Kier molecular flexibility index (Phi) is 3.04. The van der Waals surface area contributed by atoms with Crippen LogP contribution in [0.15, 0.2) is 4.99 Å². The molecule has 1 amide bonds. The molecule has 0 saturated carbocycles. The number of ether oxygens (including phenoxy) is 1. The zero-order chi connectivity index (χ0) is 8.10. The number of nitrogens with zero attached hydrogens (tertiary/aromatic N) is 1. The molecule has 11 heavy (non-hydrogen) atoms. The van der Waals surface area contributed by atoms with E-state index in [1.54, 1.807) is 0 Å². The van der Waals surface area contributed by atoms with Crippen LogP contribution >= 0.6 is 0 Å². The molecule has 1 aliphatic heterocycles. The summed E-state index contributed by atoms with van der Waals surface area (Å²) in [6.07, 6.45) is 0.987. The zero-order valence-electron chi connectivity index (χ0n) is 6.59. The van der Waals surface area contributed by atoms with Gasteiger partial charge in [-0.25, -0.2) is 0 Å². The molecular weight excluding hydrogens is 144 g/mol. The number of hydrogen-bond donors (Lipinski definition) is 1. The van der Waals surface area contributed by atoms with E-state index < -0.39 is 0 Å². The number of carbonyl (C=O) groups is 1. The highest BCUT2D eigenvalue weighted by atomic mass is 16.5. The second-order valence-corrected chi connectivity index (χ2v) is 2.36. The molecule has 4 nitrogen and oxygen atoms in total. The van der Waals surface area contributed by atoms with Crippen LogP contribution in [-0.2, 0) is 9.53 Å². The minimum absolute atomic E-state index is 0.0416. The fraction of sp³-hybridized carbons (Fsp3) is 0.714. The Morgan fingerprint density at radius 2 is 2.55 bits per heavy atom. The number of hydrogen-bond acceptors (Lipinski definition) is 3. The summed E-state index contributed by atoms with van der Waals surface area (Å²) >= 11 is 0. The standard InChI is InChI=1S/C7H12N2O2/c1-2-3-11-5-6-8-4-7(10)9-6/h2-5H2,1H3,(H,8,9,10). The van der Waals surface area contributed by atoms with E-state index >= 15 is 0 Å². The summed E-state index contributed by atoms with van der Waals surface area (Å²) in [5.41, 5.74) is 0. The first kappa shape index (κ1) is 8.20. The number of aliphatic imine (C=N–C) groups is 1. The van der Waals surface area contributed by atoms with Gasteiger partial charge in [-0.1, -0.05) is 6.92 Å². The highest BCUT2D eigenvalue weighted by Gasteiger charge is 2.11. The predicted molar refractivity (Wildman–Crippen MR) is 41.6 cm³/mol. The summed E-state index contributed by atoms with van der Waals surface area (Å²) in [5.74, 6) is 0.614. The van der Waals surface area contributed by atoms with Gasteiger partial charge in [-0.2, -0.15) is 0 Å². The summed E-state index contributed by atoms with van der Waals surface area (Å²) in [5, 5.41) is 2.60. The van der Waals surface area contributed by atoms with E-state index in [2.05, 4.69) is 10.3 Å². The minimum Gasteiger partial charge on any atom is -0.374 e. The lowest BCUT2D eigenvalue weighted by Crippen LogP contribution is -2.28. The average molecular weight is 156 g/mol. The lowest BCUT2D eigenvalue weighted by molar-refractivity contribution is -0.117. The molecule has 0 radical (unpaired) electrons. The molecule has 0 aromatic carbocycles. The number of rotatable bonds is 4. The fourth-order valence-corrected chi connectivity index (χ4v) is 0.802. The molecule has 0 aromatic heterocycles. The van der Waals surface area contributed by atoms with Gasteiger partial charge in [-0.15, -0.1) is 0 Å². The Hall–Kier alpha value is -0.900. The van der Waals surface area contributed by atoms with Crippen LogP contribution in [0.2, 0.25) is 0 Å². The lowest BCUT2D eigenvalue weighted by atomic mass is 10.5. The molecule has 4 heteroatoms. The maximum absolute atomic E-state index is 10.6. The van der Waals surface area contributed by atoms with Crippen LogP contribution in [-0.4, -0.2) is 31.5 Å². The summed E-state index contributed by atoms with van der Waals surface area (Å²) < 4.78 is 5.17. The molecular formula is C7H12N2O2. The van der Waals surface area contributed by atoms with Crippen molar-refractivity contribution in [3.05, 3.63) is 0 Å². The van der Waals surface area contributed by atoms with Crippen molar-refractivity contribution in [2.24, 2.45) is 4.99 Å². The first-order valence-corrected chi connectivity index (χ1v) is 3.74. The quantitative estimate of drug-likeness (QED) is 0.580. The van der Waals surface area contributed by atoms with Crippen LogP contribution < -0.4 is 5.32 Å². The molecule has 0 spiro atoms. The van der Waals surface area contributed by atoms with Crippen molar-refractivity contribution in [1.82, 2.24) is 5.32 Å². The number of nitrogens with one attached hydrogen (secondary N) is 1. The third-order valence-corrected chi connectivity index (χ3v) is 1.28. The van der Waals surface area contributed by atoms with Gasteiger partial charge in [-0.05, 0) is 6.42 Å². The van der Waals surface area contributed by atoms with Crippen LogP contribution in [0.1, 0.15) is 13.3 Å². The van der Waals surface area contributed by atoms with Crippen molar-refractivity contribution in [1.29, 1.82) is 0 Å². The Balaban J connectivity index is 2.13. The molecule has 1 rings (SSSR count). The molecule has 0 unspecified atom stereocenters. The van der Waals surface area contributed by atoms with Crippen molar-refractivity contribution < 1.29 is 9.53 Å². The van der Waals surface area contributed by atoms with Crippen LogP contribution in [0.5, 0.6) is 0 Å². The topological polar surface area (TPSA) is 50.7 Å². The van der Waals surface area contributed by atoms with Gasteiger partial charge < -0.3 is 10.1 Å². The van der Waals surface area contributed by atoms with Crippen LogP contribution in [0.3, 0.4) is 0 Å². The Morgan fingerprint density at radius 1 is 1.73 bits per heavy atom. The van der Waals surface area contributed by atoms with Crippen LogP contribution in [0.4, 0.5) is 0 Å². The second kappa shape index (κ2) is 4.08. The van der Waals surface area contributed by atoms with Crippen LogP contribution in [0.25, 0.3) is 0 Å². The summed E-state index contributed by atoms with van der Waals surface area (Å²) in [7, 11) is 0. The molecule has 0 saturated heterocycles. The molecule has 0 atom stereocenters. The predicted octanol–water partition coefficient (Wildman–Crippen LogP) is -0.0587. The van der Waals surface area contributed by atoms with Crippen molar-refractivity contribution in [2.45, 2.75) is 13.3 Å². The molecule has 0 aromatic rings. The van der Waals surface area contributed by atoms with Gasteiger partial charge in [0.1, 0.15) is 19.0 Å². The maximum Gasteiger partial charge on any atom is 0.247 e. The normalized spacial score (nSPS) is 16.5. The summed E-state index contributed by atoms with van der Waals surface area (Å²) in [6, 6.07) is 0. The van der Waals surface area contributed by atoms with Gasteiger partial charge in [0.2, 0.25) is 5.91 Å². The number of carbonyl (C=O) groups excluding carboxylic acids is 1. The maximum atomic E-state index is 10.6. The summed E-state index contributed by atoms with van der Waals surface area (Å²) in [4.78, 5) is 14.5. The Morgan fingerprint density at radius 3 is 3.09 bits per heavy atom. The van der Waals surface area contributed by atoms with E-state index in [9.17, 15) is 4.79 Å². The van der Waals surface area contributed by atoms with Crippen molar-refractivity contribution in [3.8, 4) is 0 Å². The fourth-order valence-electron chi connectivity index (χ4n) is 0.802. The van der Waals surface area contributed by atoms with Gasteiger partial charge >= 0.3 is 0 Å². The molecule has 1 N–H and O–H groups in total. The van der Waals surface area contributed by atoms with Gasteiger partial charge in [0.25, 0.3) is 0 Å². The monoisotopic (exact) mass is 156 g/mol. The van der Waals surface area contributed by atoms with E-state index in [4.69, 9.17) is 4.74 Å². The Bertz CT molecular complexity index is 177. The number of amidine groups is 1. The van der Waals surface area contributed by atoms with Gasteiger partial charge in [0.05, 0.1) is 0 Å². The van der Waals surface area contributed by atoms with Crippen molar-refractivity contribution >= 4 is 11.7 Å². The van der Waals surface area contributed by atoms with Gasteiger partial charge in [0.15, 0.2) is 0 Å². The molecule has 0 fully saturated rings. The molecule has 1 aliphatic rings. The first-order valence-electron chi connectivity index (χ1n) is 3.74. The van der Waals surface area contributed by atoms with E-state index in [1.807, 2.05) is 6.92 Å². The largest absolute Gasteiger partial charge is 0.374 e. The highest BCUT2D eigenvalue weighted by Crippen LogP contribution is 1.88. The number of amides is 1. The van der Waals surface area contributed by atoms with Crippen molar-refractivity contribution in [3.63, 3.8) is 0 Å². The van der Waals surface area contributed by atoms with E-state index in [1.165, 1.54) is 0 Å². The third-order valence-electron chi connectivity index (χ3n) is 1.28. The second-order valence-electron chi connectivity index (χ2n) is 2.36. The third kappa shape index (κ3) is 2.67. The smallest absolute Gasteiger partial charge is 0.247 e. The highest BCUT2D eigenvalue weighted by molar-refractivity contribution is 6.04. The SMILES string of the molecule is CCCOCC1=NCC(=O)N1.